The van der Waals surface area contributed by atoms with Gasteiger partial charge >= 0.3 is 6.09 Å². The van der Waals surface area contributed by atoms with Gasteiger partial charge in [-0.2, -0.15) is 0 Å². The molecule has 3 aliphatic rings. The molecule has 0 aromatic heterocycles. The van der Waals surface area contributed by atoms with E-state index in [0.29, 0.717) is 6.42 Å². The second kappa shape index (κ2) is 7.52. The van der Waals surface area contributed by atoms with Gasteiger partial charge in [0.25, 0.3) is 0 Å². The fraction of sp³-hybridized carbons (Fsp3) is 0.391. The molecule has 1 aliphatic carbocycles. The van der Waals surface area contributed by atoms with Gasteiger partial charge in [-0.05, 0) is 36.0 Å². The SMILES string of the molecule is O=C(N[C@H]1CCC[C@@H]2O[C@H]3Cc4ccccc4[C@H]3N2C1=O)OCc1ccccc1. The van der Waals surface area contributed by atoms with E-state index in [-0.39, 0.29) is 30.9 Å². The van der Waals surface area contributed by atoms with E-state index in [0.717, 1.165) is 24.8 Å². The number of nitrogens with zero attached hydrogens (tertiary/aromatic N) is 1. The van der Waals surface area contributed by atoms with Crippen LogP contribution in [0.3, 0.4) is 0 Å². The molecule has 29 heavy (non-hydrogen) atoms. The molecule has 150 valence electrons. The van der Waals surface area contributed by atoms with Crippen molar-refractivity contribution in [3.8, 4) is 0 Å². The summed E-state index contributed by atoms with van der Waals surface area (Å²) in [5.41, 5.74) is 3.32. The number of amides is 2. The Hall–Kier alpha value is -2.86. The fourth-order valence-electron chi connectivity index (χ4n) is 4.76. The van der Waals surface area contributed by atoms with E-state index >= 15 is 0 Å². The van der Waals surface area contributed by atoms with Gasteiger partial charge in [0.1, 0.15) is 18.9 Å². The van der Waals surface area contributed by atoms with Crippen molar-refractivity contribution in [2.75, 3.05) is 0 Å². The molecule has 2 heterocycles. The Morgan fingerprint density at radius 3 is 2.76 bits per heavy atom. The smallest absolute Gasteiger partial charge is 0.408 e. The van der Waals surface area contributed by atoms with Gasteiger partial charge < -0.3 is 19.7 Å². The Morgan fingerprint density at radius 1 is 1.10 bits per heavy atom. The standard InChI is InChI=1S/C23H24N2O4/c26-22-18(24-23(27)28-14-15-7-2-1-3-8-15)11-6-12-20-25(22)21-17-10-5-4-9-16(17)13-19(21)29-20/h1-5,7-10,18-21H,6,11-14H2,(H,24,27)/t18-,19-,20-,21+/m0/s1. The number of benzene rings is 2. The van der Waals surface area contributed by atoms with Crippen molar-refractivity contribution in [2.45, 2.75) is 56.7 Å². The number of hydrogen-bond acceptors (Lipinski definition) is 4. The minimum atomic E-state index is -0.585. The highest BCUT2D eigenvalue weighted by Gasteiger charge is 2.51. The van der Waals surface area contributed by atoms with Crippen molar-refractivity contribution in [3.05, 3.63) is 71.3 Å². The summed E-state index contributed by atoms with van der Waals surface area (Å²) in [6, 6.07) is 17.1. The molecular formula is C23H24N2O4. The van der Waals surface area contributed by atoms with Crippen molar-refractivity contribution in [1.82, 2.24) is 10.2 Å². The molecule has 0 spiro atoms. The molecule has 1 N–H and O–H groups in total. The Labute approximate surface area is 169 Å². The van der Waals surface area contributed by atoms with Crippen LogP contribution in [-0.2, 0) is 27.3 Å². The molecule has 0 unspecified atom stereocenters. The highest BCUT2D eigenvalue weighted by molar-refractivity contribution is 5.87. The van der Waals surface area contributed by atoms with Crippen LogP contribution in [0, 0.1) is 0 Å². The Bertz CT molecular complexity index is 916. The van der Waals surface area contributed by atoms with Crippen molar-refractivity contribution in [1.29, 1.82) is 0 Å². The van der Waals surface area contributed by atoms with Crippen LogP contribution in [-0.4, -0.2) is 35.3 Å². The molecule has 0 saturated carbocycles. The molecule has 0 radical (unpaired) electrons. The van der Waals surface area contributed by atoms with Crippen molar-refractivity contribution >= 4 is 12.0 Å². The predicted octanol–water partition coefficient (Wildman–Crippen LogP) is 3.32. The van der Waals surface area contributed by atoms with Crippen molar-refractivity contribution < 1.29 is 19.1 Å². The summed E-state index contributed by atoms with van der Waals surface area (Å²) >= 11 is 0. The lowest BCUT2D eigenvalue weighted by Gasteiger charge is -2.29. The quantitative estimate of drug-likeness (QED) is 0.870. The van der Waals surface area contributed by atoms with Crippen LogP contribution in [0.2, 0.25) is 0 Å². The largest absolute Gasteiger partial charge is 0.445 e. The van der Waals surface area contributed by atoms with E-state index < -0.39 is 12.1 Å². The number of carbonyl (C=O) groups excluding carboxylic acids is 2. The summed E-state index contributed by atoms with van der Waals surface area (Å²) < 4.78 is 11.6. The van der Waals surface area contributed by atoms with Crippen LogP contribution in [0.4, 0.5) is 4.79 Å². The van der Waals surface area contributed by atoms with E-state index in [9.17, 15) is 9.59 Å². The predicted molar refractivity (Wildman–Crippen MR) is 106 cm³/mol. The van der Waals surface area contributed by atoms with Crippen LogP contribution in [0.15, 0.2) is 54.6 Å². The summed E-state index contributed by atoms with van der Waals surface area (Å²) in [5, 5.41) is 2.79. The van der Waals surface area contributed by atoms with E-state index in [2.05, 4.69) is 17.4 Å². The van der Waals surface area contributed by atoms with Gasteiger partial charge in [-0.1, -0.05) is 54.6 Å². The number of fused-ring (bicyclic) bond motifs is 5. The van der Waals surface area contributed by atoms with Crippen LogP contribution < -0.4 is 5.32 Å². The molecule has 0 bridgehead atoms. The molecule has 2 amide bonds. The maximum absolute atomic E-state index is 13.4. The molecule has 6 nitrogen and oxygen atoms in total. The van der Waals surface area contributed by atoms with E-state index in [4.69, 9.17) is 9.47 Å². The lowest BCUT2D eigenvalue weighted by atomic mass is 10.1. The van der Waals surface area contributed by atoms with Crippen molar-refractivity contribution in [2.24, 2.45) is 0 Å². The number of hydrogen-bond donors (Lipinski definition) is 1. The molecule has 5 rings (SSSR count). The number of alkyl carbamates (subject to hydrolysis) is 1. The van der Waals surface area contributed by atoms with Gasteiger partial charge in [0.05, 0.1) is 12.1 Å². The molecule has 2 saturated heterocycles. The summed E-state index contributed by atoms with van der Waals surface area (Å²) in [4.78, 5) is 27.6. The zero-order valence-corrected chi connectivity index (χ0v) is 16.1. The van der Waals surface area contributed by atoms with Gasteiger partial charge in [0.15, 0.2) is 0 Å². The first kappa shape index (κ1) is 18.2. The first-order valence-corrected chi connectivity index (χ1v) is 10.2. The summed E-state index contributed by atoms with van der Waals surface area (Å²) in [6.45, 7) is 0.182. The maximum atomic E-state index is 13.4. The summed E-state index contributed by atoms with van der Waals surface area (Å²) in [5.74, 6) is -0.0756. The number of nitrogens with one attached hydrogen (secondary N) is 1. The van der Waals surface area contributed by atoms with E-state index in [1.807, 2.05) is 47.4 Å². The van der Waals surface area contributed by atoms with Crippen LogP contribution in [0.1, 0.15) is 42.0 Å². The average Bonchev–Trinajstić information content (AvgIpc) is 3.23. The molecule has 6 heteroatoms. The third-order valence-corrected chi connectivity index (χ3v) is 6.09. The number of rotatable bonds is 3. The van der Waals surface area contributed by atoms with Gasteiger partial charge in [-0.25, -0.2) is 4.79 Å². The van der Waals surface area contributed by atoms with Crippen LogP contribution >= 0.6 is 0 Å². The molecular weight excluding hydrogens is 368 g/mol. The zero-order valence-electron chi connectivity index (χ0n) is 16.1. The second-order valence-electron chi connectivity index (χ2n) is 7.91. The van der Waals surface area contributed by atoms with E-state index in [1.54, 1.807) is 0 Å². The Morgan fingerprint density at radius 2 is 1.90 bits per heavy atom. The third kappa shape index (κ3) is 3.38. The first-order valence-electron chi connectivity index (χ1n) is 10.2. The Balaban J connectivity index is 1.29. The van der Waals surface area contributed by atoms with Crippen LogP contribution in [0.25, 0.3) is 0 Å². The van der Waals surface area contributed by atoms with E-state index in [1.165, 1.54) is 11.1 Å². The monoisotopic (exact) mass is 392 g/mol. The molecule has 2 aromatic carbocycles. The fourth-order valence-corrected chi connectivity index (χ4v) is 4.76. The normalized spacial score (nSPS) is 27.6. The first-order chi connectivity index (χ1) is 14.2. The van der Waals surface area contributed by atoms with Crippen LogP contribution in [0.5, 0.6) is 0 Å². The number of carbonyl (C=O) groups is 2. The van der Waals surface area contributed by atoms with Gasteiger partial charge in [0, 0.05) is 6.42 Å². The lowest BCUT2D eigenvalue weighted by molar-refractivity contribution is -0.139. The maximum Gasteiger partial charge on any atom is 0.408 e. The van der Waals surface area contributed by atoms with Gasteiger partial charge in [-0.3, -0.25) is 4.79 Å². The van der Waals surface area contributed by atoms with Crippen molar-refractivity contribution in [3.63, 3.8) is 0 Å². The summed E-state index contributed by atoms with van der Waals surface area (Å²) in [7, 11) is 0. The molecule has 2 aliphatic heterocycles. The molecule has 2 fully saturated rings. The zero-order chi connectivity index (χ0) is 19.8. The Kier molecular flexibility index (Phi) is 4.72. The minimum Gasteiger partial charge on any atom is -0.445 e. The average molecular weight is 392 g/mol. The second-order valence-corrected chi connectivity index (χ2v) is 7.91. The highest BCUT2D eigenvalue weighted by Crippen LogP contribution is 2.46. The third-order valence-electron chi connectivity index (χ3n) is 6.09. The number of ether oxygens (including phenoxy) is 2. The van der Waals surface area contributed by atoms with Gasteiger partial charge in [-0.15, -0.1) is 0 Å². The topological polar surface area (TPSA) is 67.9 Å². The minimum absolute atomic E-state index is 0.00475. The summed E-state index contributed by atoms with van der Waals surface area (Å²) in [6.07, 6.45) is 2.26. The highest BCUT2D eigenvalue weighted by atomic mass is 16.5. The van der Waals surface area contributed by atoms with Gasteiger partial charge in [0.2, 0.25) is 5.91 Å². The molecule has 2 aromatic rings. The lowest BCUT2D eigenvalue weighted by Crippen LogP contribution is -2.49. The molecule has 4 atom stereocenters.